The summed E-state index contributed by atoms with van der Waals surface area (Å²) in [5.41, 5.74) is 1.73. The van der Waals surface area contributed by atoms with E-state index in [2.05, 4.69) is 0 Å². The minimum absolute atomic E-state index is 0.361. The Hall–Kier alpha value is -0.730. The molecular weight excluding hydrogens is 314 g/mol. The van der Waals surface area contributed by atoms with Gasteiger partial charge >= 0.3 is 0 Å². The van der Waals surface area contributed by atoms with E-state index in [1.165, 1.54) is 6.07 Å². The first-order valence-electron chi connectivity index (χ1n) is 4.92. The number of hydrogen-bond acceptors (Lipinski definition) is 1. The van der Waals surface area contributed by atoms with Gasteiger partial charge in [0, 0.05) is 16.1 Å². The first-order chi connectivity index (χ1) is 8.52. The summed E-state index contributed by atoms with van der Waals surface area (Å²) < 4.78 is 0. The normalized spacial score (nSPS) is 10.4. The van der Waals surface area contributed by atoms with Crippen LogP contribution >= 0.6 is 46.4 Å². The van der Waals surface area contributed by atoms with Crippen LogP contribution in [0.5, 0.6) is 0 Å². The lowest BCUT2D eigenvalue weighted by atomic mass is 10.0. The number of halogens is 4. The van der Waals surface area contributed by atoms with Gasteiger partial charge in [-0.15, -0.1) is 0 Å². The summed E-state index contributed by atoms with van der Waals surface area (Å²) in [5.74, 6) is 0. The van der Waals surface area contributed by atoms with Crippen molar-refractivity contribution in [1.82, 2.24) is 0 Å². The van der Waals surface area contributed by atoms with Crippen LogP contribution in [0.3, 0.4) is 0 Å². The van der Waals surface area contributed by atoms with Gasteiger partial charge in [0.1, 0.15) is 0 Å². The fourth-order valence-corrected chi connectivity index (χ4v) is 2.41. The number of aldehydes is 1. The van der Waals surface area contributed by atoms with E-state index in [1.54, 1.807) is 24.3 Å². The van der Waals surface area contributed by atoms with Gasteiger partial charge in [-0.1, -0.05) is 46.4 Å². The smallest absolute Gasteiger partial charge is 0.150 e. The summed E-state index contributed by atoms with van der Waals surface area (Å²) in [6.07, 6.45) is 0.741. The standard InChI is InChI=1S/C13H6Cl4O/c14-8-2-1-7(6-18)9(3-8)10-4-12(16)13(17)5-11(10)15/h1-6H. The van der Waals surface area contributed by atoms with E-state index < -0.39 is 0 Å². The maximum atomic E-state index is 11.0. The van der Waals surface area contributed by atoms with E-state index in [9.17, 15) is 4.79 Å². The molecule has 2 aromatic rings. The molecule has 0 aromatic heterocycles. The van der Waals surface area contributed by atoms with E-state index >= 15 is 0 Å². The Morgan fingerprint density at radius 2 is 1.44 bits per heavy atom. The minimum Gasteiger partial charge on any atom is -0.298 e. The molecule has 0 amide bonds. The second-order valence-electron chi connectivity index (χ2n) is 3.60. The molecule has 0 saturated heterocycles. The third-order valence-electron chi connectivity index (χ3n) is 2.44. The van der Waals surface area contributed by atoms with Crippen molar-refractivity contribution in [2.24, 2.45) is 0 Å². The van der Waals surface area contributed by atoms with E-state index in [4.69, 9.17) is 46.4 Å². The Morgan fingerprint density at radius 3 is 2.11 bits per heavy atom. The second kappa shape index (κ2) is 5.50. The summed E-state index contributed by atoms with van der Waals surface area (Å²) in [4.78, 5) is 11.0. The molecule has 0 N–H and O–H groups in total. The molecule has 0 radical (unpaired) electrons. The Kier molecular flexibility index (Phi) is 4.18. The lowest BCUT2D eigenvalue weighted by molar-refractivity contribution is 0.112. The zero-order chi connectivity index (χ0) is 13.3. The fourth-order valence-electron chi connectivity index (χ4n) is 1.59. The van der Waals surface area contributed by atoms with Crippen molar-refractivity contribution < 1.29 is 4.79 Å². The molecule has 0 spiro atoms. The molecule has 0 fully saturated rings. The van der Waals surface area contributed by atoms with Gasteiger partial charge < -0.3 is 0 Å². The fraction of sp³-hybridized carbons (Fsp3) is 0. The molecule has 5 heteroatoms. The lowest BCUT2D eigenvalue weighted by Crippen LogP contribution is -1.89. The number of hydrogen-bond donors (Lipinski definition) is 0. The summed E-state index contributed by atoms with van der Waals surface area (Å²) in [5, 5.41) is 1.65. The van der Waals surface area contributed by atoms with Crippen molar-refractivity contribution in [3.05, 3.63) is 56.0 Å². The highest BCUT2D eigenvalue weighted by molar-refractivity contribution is 6.44. The van der Waals surface area contributed by atoms with Crippen molar-refractivity contribution in [2.45, 2.75) is 0 Å². The van der Waals surface area contributed by atoms with Gasteiger partial charge in [0.25, 0.3) is 0 Å². The Bertz CT molecular complexity index is 623. The molecule has 0 saturated carbocycles. The van der Waals surface area contributed by atoms with Gasteiger partial charge in [-0.05, 0) is 35.9 Å². The van der Waals surface area contributed by atoms with Crippen molar-refractivity contribution in [3.8, 4) is 11.1 Å². The van der Waals surface area contributed by atoms with E-state index in [1.807, 2.05) is 0 Å². The van der Waals surface area contributed by atoms with E-state index in [0.717, 1.165) is 6.29 Å². The molecule has 2 rings (SSSR count). The molecule has 18 heavy (non-hydrogen) atoms. The molecule has 2 aromatic carbocycles. The molecule has 92 valence electrons. The molecule has 0 heterocycles. The van der Waals surface area contributed by atoms with Gasteiger partial charge in [-0.25, -0.2) is 0 Å². The van der Waals surface area contributed by atoms with E-state index in [0.29, 0.717) is 36.8 Å². The summed E-state index contributed by atoms with van der Waals surface area (Å²) in [6, 6.07) is 8.08. The average Bonchev–Trinajstić information content (AvgIpc) is 2.34. The highest BCUT2D eigenvalue weighted by atomic mass is 35.5. The molecule has 1 nitrogen and oxygen atoms in total. The van der Waals surface area contributed by atoms with Crippen LogP contribution in [0, 0.1) is 0 Å². The summed E-state index contributed by atoms with van der Waals surface area (Å²) in [6.45, 7) is 0. The van der Waals surface area contributed by atoms with Crippen LogP contribution in [0.1, 0.15) is 10.4 Å². The van der Waals surface area contributed by atoms with Gasteiger partial charge in [-0.2, -0.15) is 0 Å². The van der Waals surface area contributed by atoms with Crippen molar-refractivity contribution in [1.29, 1.82) is 0 Å². The van der Waals surface area contributed by atoms with Gasteiger partial charge in [0.05, 0.1) is 15.1 Å². The molecular formula is C13H6Cl4O. The predicted molar refractivity (Wildman–Crippen MR) is 77.3 cm³/mol. The molecule has 0 bridgehead atoms. The van der Waals surface area contributed by atoms with Gasteiger partial charge in [0.15, 0.2) is 6.29 Å². The van der Waals surface area contributed by atoms with Crippen molar-refractivity contribution >= 4 is 52.7 Å². The van der Waals surface area contributed by atoms with Crippen LogP contribution in [0.15, 0.2) is 30.3 Å². The average molecular weight is 320 g/mol. The number of carbonyl (C=O) groups excluding carboxylic acids is 1. The maximum absolute atomic E-state index is 11.0. The van der Waals surface area contributed by atoms with Gasteiger partial charge in [-0.3, -0.25) is 4.79 Å². The Labute approximate surface area is 124 Å². The molecule has 0 aliphatic heterocycles. The number of benzene rings is 2. The second-order valence-corrected chi connectivity index (χ2v) is 5.25. The predicted octanol–water partition coefficient (Wildman–Crippen LogP) is 5.78. The first kappa shape index (κ1) is 13.7. The third-order valence-corrected chi connectivity index (χ3v) is 3.71. The van der Waals surface area contributed by atoms with E-state index in [-0.39, 0.29) is 0 Å². The highest BCUT2D eigenvalue weighted by Gasteiger charge is 2.12. The zero-order valence-electron chi connectivity index (χ0n) is 8.88. The lowest BCUT2D eigenvalue weighted by Gasteiger charge is -2.09. The SMILES string of the molecule is O=Cc1ccc(Cl)cc1-c1cc(Cl)c(Cl)cc1Cl. The molecule has 0 atom stereocenters. The van der Waals surface area contributed by atoms with Gasteiger partial charge in [0.2, 0.25) is 0 Å². The molecule has 0 aliphatic carbocycles. The van der Waals surface area contributed by atoms with Crippen molar-refractivity contribution in [2.75, 3.05) is 0 Å². The third kappa shape index (κ3) is 2.65. The maximum Gasteiger partial charge on any atom is 0.150 e. The Balaban J connectivity index is 2.72. The van der Waals surface area contributed by atoms with Crippen LogP contribution in [0.2, 0.25) is 20.1 Å². The zero-order valence-corrected chi connectivity index (χ0v) is 11.9. The first-order valence-corrected chi connectivity index (χ1v) is 6.43. The number of rotatable bonds is 2. The summed E-state index contributed by atoms with van der Waals surface area (Å²) in [7, 11) is 0. The molecule has 0 aliphatic rings. The summed E-state index contributed by atoms with van der Waals surface area (Å²) >= 11 is 23.9. The van der Waals surface area contributed by atoms with Crippen molar-refractivity contribution in [3.63, 3.8) is 0 Å². The van der Waals surface area contributed by atoms with Crippen LogP contribution < -0.4 is 0 Å². The largest absolute Gasteiger partial charge is 0.298 e. The number of carbonyl (C=O) groups is 1. The molecule has 0 unspecified atom stereocenters. The van der Waals surface area contributed by atoms with Crippen LogP contribution in [0.4, 0.5) is 0 Å². The topological polar surface area (TPSA) is 17.1 Å². The minimum atomic E-state index is 0.361. The van der Waals surface area contributed by atoms with Crippen LogP contribution in [-0.4, -0.2) is 6.29 Å². The highest BCUT2D eigenvalue weighted by Crippen LogP contribution is 2.37. The monoisotopic (exact) mass is 318 g/mol. The van der Waals surface area contributed by atoms with Crippen LogP contribution in [0.25, 0.3) is 11.1 Å². The quantitative estimate of drug-likeness (QED) is 0.506. The van der Waals surface area contributed by atoms with Crippen LogP contribution in [-0.2, 0) is 0 Å². The Morgan fingerprint density at radius 1 is 0.778 bits per heavy atom.